The van der Waals surface area contributed by atoms with Crippen LogP contribution >= 0.6 is 0 Å². The van der Waals surface area contributed by atoms with E-state index in [1.807, 2.05) is 54.3 Å². The SMILES string of the molecule is CCc1cnc(N2CCC(N(C(=O)c3ccc(-n4ccnc4C)cc3)C3CC3)CC2)nc1. The minimum Gasteiger partial charge on any atom is -0.341 e. The Balaban J connectivity index is 1.27. The molecule has 1 aliphatic heterocycles. The highest BCUT2D eigenvalue weighted by atomic mass is 16.2. The van der Waals surface area contributed by atoms with E-state index in [9.17, 15) is 4.79 Å². The highest BCUT2D eigenvalue weighted by Crippen LogP contribution is 2.34. The van der Waals surface area contributed by atoms with Crippen LogP contribution in [0.2, 0.25) is 0 Å². The lowest BCUT2D eigenvalue weighted by molar-refractivity contribution is 0.0630. The molecular formula is C25H30N6O. The van der Waals surface area contributed by atoms with E-state index in [0.29, 0.717) is 6.04 Å². The fraction of sp³-hybridized carbons (Fsp3) is 0.440. The van der Waals surface area contributed by atoms with Crippen molar-refractivity contribution in [2.45, 2.75) is 58.0 Å². The van der Waals surface area contributed by atoms with Gasteiger partial charge >= 0.3 is 0 Å². The van der Waals surface area contributed by atoms with Gasteiger partial charge in [0.05, 0.1) is 0 Å². The maximum Gasteiger partial charge on any atom is 0.254 e. The predicted octanol–water partition coefficient (Wildman–Crippen LogP) is 3.81. The molecule has 5 rings (SSSR count). The van der Waals surface area contributed by atoms with Crippen molar-refractivity contribution in [1.29, 1.82) is 0 Å². The van der Waals surface area contributed by atoms with Gasteiger partial charge in [0.15, 0.2) is 0 Å². The number of nitrogens with zero attached hydrogens (tertiary/aromatic N) is 6. The molecule has 3 aromatic rings. The molecule has 0 atom stereocenters. The molecule has 1 saturated heterocycles. The Hall–Kier alpha value is -3.22. The zero-order valence-electron chi connectivity index (χ0n) is 18.8. The van der Waals surface area contributed by atoms with E-state index >= 15 is 0 Å². The van der Waals surface area contributed by atoms with E-state index in [0.717, 1.165) is 73.8 Å². The fourth-order valence-electron chi connectivity index (χ4n) is 4.58. The molecule has 0 N–H and O–H groups in total. The second kappa shape index (κ2) is 8.73. The number of aromatic nitrogens is 4. The molecule has 0 spiro atoms. The molecule has 32 heavy (non-hydrogen) atoms. The third-order valence-electron chi connectivity index (χ3n) is 6.63. The second-order valence-electron chi connectivity index (χ2n) is 8.80. The number of amides is 1. The van der Waals surface area contributed by atoms with Crippen LogP contribution in [0.15, 0.2) is 49.1 Å². The number of aryl methyl sites for hydroxylation is 2. The van der Waals surface area contributed by atoms with Gasteiger partial charge in [-0.15, -0.1) is 0 Å². The predicted molar refractivity (Wildman–Crippen MR) is 124 cm³/mol. The van der Waals surface area contributed by atoms with Gasteiger partial charge in [0.1, 0.15) is 5.82 Å². The summed E-state index contributed by atoms with van der Waals surface area (Å²) >= 11 is 0. The highest BCUT2D eigenvalue weighted by Gasteiger charge is 2.39. The summed E-state index contributed by atoms with van der Waals surface area (Å²) in [5, 5.41) is 0. The van der Waals surface area contributed by atoms with Crippen molar-refractivity contribution >= 4 is 11.9 Å². The van der Waals surface area contributed by atoms with Crippen molar-refractivity contribution in [3.63, 3.8) is 0 Å². The molecule has 7 heteroatoms. The second-order valence-corrected chi connectivity index (χ2v) is 8.80. The molecular weight excluding hydrogens is 400 g/mol. The molecule has 1 amide bonds. The largest absolute Gasteiger partial charge is 0.341 e. The summed E-state index contributed by atoms with van der Waals surface area (Å²) in [5.74, 6) is 1.89. The number of anilines is 1. The molecule has 1 aromatic carbocycles. The van der Waals surface area contributed by atoms with Crippen molar-refractivity contribution in [3.8, 4) is 5.69 Å². The fourth-order valence-corrected chi connectivity index (χ4v) is 4.58. The van der Waals surface area contributed by atoms with Crippen LogP contribution in [0.3, 0.4) is 0 Å². The Labute approximate surface area is 189 Å². The van der Waals surface area contributed by atoms with Crippen molar-refractivity contribution in [2.75, 3.05) is 18.0 Å². The normalized spacial score (nSPS) is 16.9. The third kappa shape index (κ3) is 4.11. The standard InChI is InChI=1S/C25H30N6O/c1-3-19-16-27-25(28-17-19)29-13-10-23(11-14-29)31(22-8-9-22)24(32)20-4-6-21(7-5-20)30-15-12-26-18(30)2/h4-7,12,15-17,22-23H,3,8-11,13-14H2,1-2H3. The van der Waals surface area contributed by atoms with Gasteiger partial charge in [0.2, 0.25) is 5.95 Å². The number of benzene rings is 1. The zero-order valence-corrected chi connectivity index (χ0v) is 18.8. The number of rotatable bonds is 6. The van der Waals surface area contributed by atoms with Crippen molar-refractivity contribution < 1.29 is 4.79 Å². The van der Waals surface area contributed by atoms with E-state index in [-0.39, 0.29) is 11.9 Å². The Morgan fingerprint density at radius 3 is 2.22 bits per heavy atom. The first kappa shape index (κ1) is 20.7. The summed E-state index contributed by atoms with van der Waals surface area (Å²) in [4.78, 5) is 31.2. The molecule has 166 valence electrons. The molecule has 3 heterocycles. The van der Waals surface area contributed by atoms with Crippen LogP contribution in [-0.4, -0.2) is 55.5 Å². The average Bonchev–Trinajstić information content (AvgIpc) is 3.58. The summed E-state index contributed by atoms with van der Waals surface area (Å²) < 4.78 is 2.03. The molecule has 2 fully saturated rings. The van der Waals surface area contributed by atoms with Gasteiger partial charge in [-0.05, 0) is 68.9 Å². The van der Waals surface area contributed by atoms with Crippen molar-refractivity contribution in [2.24, 2.45) is 0 Å². The first-order chi connectivity index (χ1) is 15.6. The third-order valence-corrected chi connectivity index (χ3v) is 6.63. The van der Waals surface area contributed by atoms with Gasteiger partial charge in [-0.2, -0.15) is 0 Å². The summed E-state index contributed by atoms with van der Waals surface area (Å²) in [6.45, 7) is 5.85. The average molecular weight is 431 g/mol. The van der Waals surface area contributed by atoms with Crippen molar-refractivity contribution in [1.82, 2.24) is 24.4 Å². The monoisotopic (exact) mass is 430 g/mol. The number of hydrogen-bond acceptors (Lipinski definition) is 5. The number of carbonyl (C=O) groups is 1. The lowest BCUT2D eigenvalue weighted by Crippen LogP contribution is -2.48. The number of hydrogen-bond donors (Lipinski definition) is 0. The quantitative estimate of drug-likeness (QED) is 0.595. The summed E-state index contributed by atoms with van der Waals surface area (Å²) in [5.41, 5.74) is 2.94. The molecule has 2 aliphatic rings. The van der Waals surface area contributed by atoms with Crippen molar-refractivity contribution in [3.05, 3.63) is 66.0 Å². The molecule has 0 radical (unpaired) electrons. The molecule has 0 bridgehead atoms. The van der Waals surface area contributed by atoms with Crippen LogP contribution in [0.1, 0.15) is 54.4 Å². The summed E-state index contributed by atoms with van der Waals surface area (Å²) in [7, 11) is 0. The molecule has 1 saturated carbocycles. The van der Waals surface area contributed by atoms with Gasteiger partial charge in [-0.3, -0.25) is 4.79 Å². The van der Waals surface area contributed by atoms with Gasteiger partial charge in [0, 0.05) is 61.2 Å². The maximum atomic E-state index is 13.5. The molecule has 7 nitrogen and oxygen atoms in total. The first-order valence-corrected chi connectivity index (χ1v) is 11.6. The molecule has 2 aromatic heterocycles. The minimum atomic E-state index is 0.156. The van der Waals surface area contributed by atoms with Crippen LogP contribution in [-0.2, 0) is 6.42 Å². The van der Waals surface area contributed by atoms with Gasteiger partial charge < -0.3 is 14.4 Å². The maximum absolute atomic E-state index is 13.5. The van der Waals surface area contributed by atoms with E-state index in [4.69, 9.17) is 0 Å². The van der Waals surface area contributed by atoms with E-state index < -0.39 is 0 Å². The summed E-state index contributed by atoms with van der Waals surface area (Å²) in [6, 6.07) is 8.57. The van der Waals surface area contributed by atoms with Crippen LogP contribution in [0.4, 0.5) is 5.95 Å². The Bertz CT molecular complexity index is 1060. The van der Waals surface area contributed by atoms with Crippen LogP contribution in [0.25, 0.3) is 5.69 Å². The number of carbonyl (C=O) groups excluding carboxylic acids is 1. The minimum absolute atomic E-state index is 0.156. The van der Waals surface area contributed by atoms with Crippen LogP contribution in [0, 0.1) is 6.92 Å². The first-order valence-electron chi connectivity index (χ1n) is 11.6. The lowest BCUT2D eigenvalue weighted by atomic mass is 10.0. The highest BCUT2D eigenvalue weighted by molar-refractivity contribution is 5.95. The topological polar surface area (TPSA) is 67.2 Å². The van der Waals surface area contributed by atoms with E-state index in [1.165, 1.54) is 0 Å². The molecule has 0 unspecified atom stereocenters. The van der Waals surface area contributed by atoms with Gasteiger partial charge in [-0.25, -0.2) is 15.0 Å². The smallest absolute Gasteiger partial charge is 0.254 e. The Morgan fingerprint density at radius 2 is 1.66 bits per heavy atom. The van der Waals surface area contributed by atoms with E-state index in [1.54, 1.807) is 6.20 Å². The van der Waals surface area contributed by atoms with Gasteiger partial charge in [0.25, 0.3) is 5.91 Å². The van der Waals surface area contributed by atoms with Gasteiger partial charge in [-0.1, -0.05) is 6.92 Å². The molecule has 1 aliphatic carbocycles. The Morgan fingerprint density at radius 1 is 1.00 bits per heavy atom. The van der Waals surface area contributed by atoms with E-state index in [2.05, 4.69) is 31.7 Å². The number of piperidine rings is 1. The van der Waals surface area contributed by atoms with Crippen LogP contribution in [0.5, 0.6) is 0 Å². The van der Waals surface area contributed by atoms with Crippen LogP contribution < -0.4 is 4.90 Å². The summed E-state index contributed by atoms with van der Waals surface area (Å²) in [6.07, 6.45) is 12.6. The Kier molecular flexibility index (Phi) is 5.64. The number of imidazole rings is 1. The lowest BCUT2D eigenvalue weighted by Gasteiger charge is -2.39. The zero-order chi connectivity index (χ0) is 22.1.